The highest BCUT2D eigenvalue weighted by Gasteiger charge is 2.32. The Kier molecular flexibility index (Phi) is 6.84. The fourth-order valence-corrected chi connectivity index (χ4v) is 6.10. The molecule has 0 saturated carbocycles. The van der Waals surface area contributed by atoms with Crippen LogP contribution in [0.3, 0.4) is 0 Å². The van der Waals surface area contributed by atoms with Crippen molar-refractivity contribution < 1.29 is 8.98 Å². The van der Waals surface area contributed by atoms with Crippen LogP contribution in [0.4, 0.5) is 0 Å². The fourth-order valence-electron chi connectivity index (χ4n) is 6.10. The van der Waals surface area contributed by atoms with E-state index < -0.39 is 0 Å². The van der Waals surface area contributed by atoms with Gasteiger partial charge >= 0.3 is 0 Å². The van der Waals surface area contributed by atoms with Crippen LogP contribution in [0.2, 0.25) is 0 Å². The predicted octanol–water partition coefficient (Wildman–Crippen LogP) is 9.78. The molecule has 0 saturated heterocycles. The minimum Gasteiger partial charge on any atom is -0.440 e. The van der Waals surface area contributed by atoms with Crippen LogP contribution in [0.5, 0.6) is 0 Å². The Balaban J connectivity index is 1.72. The number of imidazole rings is 1. The molecular formula is C38H42N3O+. The van der Waals surface area contributed by atoms with Gasteiger partial charge in [0.15, 0.2) is 16.6 Å². The first-order valence-electron chi connectivity index (χ1n) is 15.1. The van der Waals surface area contributed by atoms with Crippen molar-refractivity contribution in [1.82, 2.24) is 9.55 Å². The number of aromatic nitrogens is 3. The second-order valence-corrected chi connectivity index (χ2v) is 13.3. The molecule has 4 heteroatoms. The summed E-state index contributed by atoms with van der Waals surface area (Å²) in [6.07, 6.45) is 0. The number of rotatable bonds is 5. The van der Waals surface area contributed by atoms with E-state index in [1.807, 2.05) is 0 Å². The average Bonchev–Trinajstić information content (AvgIpc) is 3.50. The van der Waals surface area contributed by atoms with Crippen LogP contribution >= 0.6 is 0 Å². The molecule has 6 aromatic rings. The second-order valence-electron chi connectivity index (χ2n) is 13.3. The highest BCUT2D eigenvalue weighted by Crippen LogP contribution is 2.40. The molecule has 214 valence electrons. The molecule has 0 unspecified atom stereocenters. The van der Waals surface area contributed by atoms with Crippen molar-refractivity contribution in [2.75, 3.05) is 0 Å². The Morgan fingerprint density at radius 3 is 2.02 bits per heavy atom. The van der Waals surface area contributed by atoms with Crippen LogP contribution in [0, 0.1) is 6.92 Å². The van der Waals surface area contributed by atoms with Gasteiger partial charge in [-0.15, -0.1) is 0 Å². The van der Waals surface area contributed by atoms with E-state index in [1.54, 1.807) is 0 Å². The zero-order valence-corrected chi connectivity index (χ0v) is 26.4. The molecule has 0 bridgehead atoms. The SMILES string of the molecule is Cc1cc2nc(C(C)(C)C)oc2cc1-c1n(-c2c(C(C)C)cc(-c3ccccc3)cc2C(C)C)c2ccccc2[n+]1C. The van der Waals surface area contributed by atoms with Gasteiger partial charge in [-0.3, -0.25) is 0 Å². The summed E-state index contributed by atoms with van der Waals surface area (Å²) in [6.45, 7) is 17.8. The lowest BCUT2D eigenvalue weighted by atomic mass is 9.88. The summed E-state index contributed by atoms with van der Waals surface area (Å²) < 4.78 is 11.2. The van der Waals surface area contributed by atoms with Gasteiger partial charge < -0.3 is 4.42 Å². The summed E-state index contributed by atoms with van der Waals surface area (Å²) in [4.78, 5) is 4.86. The zero-order valence-electron chi connectivity index (χ0n) is 26.4. The van der Waals surface area contributed by atoms with Gasteiger partial charge in [0, 0.05) is 16.5 Å². The van der Waals surface area contributed by atoms with Crippen LogP contribution in [0.15, 0.2) is 83.3 Å². The highest BCUT2D eigenvalue weighted by atomic mass is 16.3. The minimum absolute atomic E-state index is 0.161. The molecule has 2 heterocycles. The van der Waals surface area contributed by atoms with Crippen LogP contribution in [0.1, 0.15) is 82.9 Å². The Bertz CT molecular complexity index is 1900. The van der Waals surface area contributed by atoms with Gasteiger partial charge in [0.25, 0.3) is 5.82 Å². The summed E-state index contributed by atoms with van der Waals surface area (Å²) in [6, 6.07) is 28.7. The first-order valence-corrected chi connectivity index (χ1v) is 15.1. The van der Waals surface area contributed by atoms with Crippen molar-refractivity contribution in [3.05, 3.63) is 101 Å². The Morgan fingerprint density at radius 2 is 1.40 bits per heavy atom. The van der Waals surface area contributed by atoms with Crippen LogP contribution in [-0.4, -0.2) is 9.55 Å². The first kappa shape index (κ1) is 28.0. The maximum atomic E-state index is 6.37. The number of hydrogen-bond donors (Lipinski definition) is 0. The lowest BCUT2D eigenvalue weighted by Crippen LogP contribution is -2.30. The predicted molar refractivity (Wildman–Crippen MR) is 175 cm³/mol. The standard InChI is InChI=1S/C38H42N3O/c1-23(2)28-20-27(26-15-11-10-12-16-26)21-29(24(3)4)35(28)41-33-18-14-13-17-32(33)40(9)36(41)30-22-34-31(19-25(30)5)39-37(42-34)38(6,7)8/h10-24H,1-9H3/q+1. The number of oxazole rings is 1. The van der Waals surface area contributed by atoms with Gasteiger partial charge in [0.2, 0.25) is 5.89 Å². The Morgan fingerprint density at radius 1 is 0.786 bits per heavy atom. The first-order chi connectivity index (χ1) is 20.0. The molecule has 0 radical (unpaired) electrons. The van der Waals surface area contributed by atoms with Crippen molar-refractivity contribution in [2.45, 2.75) is 72.6 Å². The average molecular weight is 557 g/mol. The Labute approximate surface area is 249 Å². The summed E-state index contributed by atoms with van der Waals surface area (Å²) in [5.74, 6) is 2.56. The van der Waals surface area contributed by atoms with E-state index >= 15 is 0 Å². The van der Waals surface area contributed by atoms with Crippen LogP contribution in [-0.2, 0) is 12.5 Å². The topological polar surface area (TPSA) is 34.8 Å². The smallest absolute Gasteiger partial charge is 0.295 e. The summed E-state index contributed by atoms with van der Waals surface area (Å²) >= 11 is 0. The van der Waals surface area contributed by atoms with Crippen LogP contribution in [0.25, 0.3) is 50.3 Å². The molecule has 2 aromatic heterocycles. The largest absolute Gasteiger partial charge is 0.440 e. The molecule has 0 aliphatic carbocycles. The lowest BCUT2D eigenvalue weighted by Gasteiger charge is -2.21. The van der Waals surface area contributed by atoms with Crippen LogP contribution < -0.4 is 4.57 Å². The number of benzene rings is 4. The number of hydrogen-bond acceptors (Lipinski definition) is 2. The molecule has 4 aromatic carbocycles. The van der Waals surface area contributed by atoms with E-state index in [1.165, 1.54) is 44.5 Å². The summed E-state index contributed by atoms with van der Waals surface area (Å²) in [5.41, 5.74) is 12.8. The third-order valence-electron chi connectivity index (χ3n) is 8.37. The molecule has 0 aliphatic rings. The van der Waals surface area contributed by atoms with Crippen molar-refractivity contribution >= 4 is 22.1 Å². The molecule has 0 atom stereocenters. The van der Waals surface area contributed by atoms with Crippen molar-refractivity contribution in [3.8, 4) is 28.2 Å². The normalized spacial score (nSPS) is 12.4. The monoisotopic (exact) mass is 556 g/mol. The number of nitrogens with zero attached hydrogens (tertiary/aromatic N) is 3. The fraction of sp³-hybridized carbons (Fsp3) is 0.316. The molecular weight excluding hydrogens is 514 g/mol. The molecule has 6 rings (SSSR count). The zero-order chi connectivity index (χ0) is 29.9. The summed E-state index contributed by atoms with van der Waals surface area (Å²) in [7, 11) is 2.18. The minimum atomic E-state index is -0.161. The Hall–Kier alpha value is -4.18. The van der Waals surface area contributed by atoms with Gasteiger partial charge in [0.05, 0.1) is 12.6 Å². The van der Waals surface area contributed by atoms with E-state index in [-0.39, 0.29) is 5.41 Å². The molecule has 0 fully saturated rings. The highest BCUT2D eigenvalue weighted by molar-refractivity contribution is 5.86. The van der Waals surface area contributed by atoms with E-state index in [0.29, 0.717) is 11.8 Å². The molecule has 0 spiro atoms. The molecule has 42 heavy (non-hydrogen) atoms. The van der Waals surface area contributed by atoms with Gasteiger partial charge in [0.1, 0.15) is 11.2 Å². The van der Waals surface area contributed by atoms with E-state index in [9.17, 15) is 0 Å². The maximum absolute atomic E-state index is 6.37. The third kappa shape index (κ3) is 4.63. The van der Waals surface area contributed by atoms with Gasteiger partial charge in [-0.25, -0.2) is 9.55 Å². The van der Waals surface area contributed by atoms with E-state index in [2.05, 4.69) is 150 Å². The summed E-state index contributed by atoms with van der Waals surface area (Å²) in [5, 5.41) is 0. The third-order valence-corrected chi connectivity index (χ3v) is 8.37. The van der Waals surface area contributed by atoms with Gasteiger partial charge in [-0.2, -0.15) is 4.57 Å². The molecule has 0 amide bonds. The molecule has 0 aliphatic heterocycles. The second kappa shape index (κ2) is 10.3. The van der Waals surface area contributed by atoms with E-state index in [0.717, 1.165) is 28.4 Å². The quantitative estimate of drug-likeness (QED) is 0.198. The number of aryl methyl sites for hydroxylation is 2. The number of para-hydroxylation sites is 2. The van der Waals surface area contributed by atoms with Crippen molar-refractivity contribution in [3.63, 3.8) is 0 Å². The van der Waals surface area contributed by atoms with Crippen molar-refractivity contribution in [1.29, 1.82) is 0 Å². The molecule has 0 N–H and O–H groups in total. The number of fused-ring (bicyclic) bond motifs is 2. The maximum Gasteiger partial charge on any atom is 0.295 e. The van der Waals surface area contributed by atoms with Crippen molar-refractivity contribution in [2.24, 2.45) is 7.05 Å². The van der Waals surface area contributed by atoms with Gasteiger partial charge in [-0.05, 0) is 71.8 Å². The lowest BCUT2D eigenvalue weighted by molar-refractivity contribution is -0.633. The van der Waals surface area contributed by atoms with E-state index in [4.69, 9.17) is 9.40 Å². The molecule has 4 nitrogen and oxygen atoms in total. The van der Waals surface area contributed by atoms with Gasteiger partial charge in [-0.1, -0.05) is 90.9 Å².